The predicted octanol–water partition coefficient (Wildman–Crippen LogP) is 3.47. The Bertz CT molecular complexity index is 139. The molecule has 0 N–H and O–H groups in total. The van der Waals surface area contributed by atoms with Crippen molar-refractivity contribution in [2.75, 3.05) is 0 Å². The number of rotatable bonds is 0. The molecule has 0 saturated carbocycles. The molecule has 58 valence electrons. The highest BCUT2D eigenvalue weighted by molar-refractivity contribution is 14.0. The SMILES string of the molecule is CC.Fc1ccccc1.I. The second-order valence-electron chi connectivity index (χ2n) is 1.30. The summed E-state index contributed by atoms with van der Waals surface area (Å²) in [7, 11) is 0. The minimum atomic E-state index is -0.178. The molecule has 1 aromatic rings. The van der Waals surface area contributed by atoms with E-state index < -0.39 is 0 Å². The van der Waals surface area contributed by atoms with Crippen LogP contribution in [0.1, 0.15) is 13.8 Å². The lowest BCUT2D eigenvalue weighted by Crippen LogP contribution is -1.63. The maximum Gasteiger partial charge on any atom is 0.123 e. The van der Waals surface area contributed by atoms with Gasteiger partial charge in [-0.2, -0.15) is 0 Å². The van der Waals surface area contributed by atoms with Crippen LogP contribution >= 0.6 is 24.0 Å². The Labute approximate surface area is 78.5 Å². The van der Waals surface area contributed by atoms with Crippen LogP contribution in [0.4, 0.5) is 4.39 Å². The van der Waals surface area contributed by atoms with E-state index >= 15 is 0 Å². The van der Waals surface area contributed by atoms with E-state index in [0.717, 1.165) is 0 Å². The predicted molar refractivity (Wildman–Crippen MR) is 53.2 cm³/mol. The number of halogens is 2. The van der Waals surface area contributed by atoms with Crippen LogP contribution in [0.3, 0.4) is 0 Å². The molecule has 0 aliphatic heterocycles. The Morgan fingerprint density at radius 2 is 1.40 bits per heavy atom. The standard InChI is InChI=1S/C6H5F.C2H6.HI/c7-6-4-2-1-3-5-6;1-2;/h1-5H;1-2H3;1H. The van der Waals surface area contributed by atoms with Crippen molar-refractivity contribution >= 4 is 24.0 Å². The third-order valence-electron chi connectivity index (χ3n) is 0.733. The third kappa shape index (κ3) is 6.01. The molecular weight excluding hydrogens is 242 g/mol. The van der Waals surface area contributed by atoms with Gasteiger partial charge in [0.1, 0.15) is 5.82 Å². The van der Waals surface area contributed by atoms with Gasteiger partial charge in [0.15, 0.2) is 0 Å². The summed E-state index contributed by atoms with van der Waals surface area (Å²) in [6.07, 6.45) is 0. The summed E-state index contributed by atoms with van der Waals surface area (Å²) in [6.45, 7) is 4.00. The molecule has 0 spiro atoms. The highest BCUT2D eigenvalue weighted by Gasteiger charge is 1.77. The first-order valence-corrected chi connectivity index (χ1v) is 3.10. The molecule has 0 amide bonds. The van der Waals surface area contributed by atoms with Gasteiger partial charge in [0, 0.05) is 0 Å². The molecule has 0 unspecified atom stereocenters. The highest BCUT2D eigenvalue weighted by atomic mass is 127. The molecule has 0 aromatic heterocycles. The summed E-state index contributed by atoms with van der Waals surface area (Å²) in [5.41, 5.74) is 0. The van der Waals surface area contributed by atoms with Gasteiger partial charge >= 0.3 is 0 Å². The second-order valence-corrected chi connectivity index (χ2v) is 1.30. The topological polar surface area (TPSA) is 0 Å². The quantitative estimate of drug-likeness (QED) is 0.622. The van der Waals surface area contributed by atoms with Crippen molar-refractivity contribution < 1.29 is 4.39 Å². The molecule has 0 saturated heterocycles. The first-order chi connectivity index (χ1) is 4.39. The van der Waals surface area contributed by atoms with Gasteiger partial charge < -0.3 is 0 Å². The van der Waals surface area contributed by atoms with Gasteiger partial charge in [-0.15, -0.1) is 24.0 Å². The van der Waals surface area contributed by atoms with Crippen LogP contribution in [0.5, 0.6) is 0 Å². The van der Waals surface area contributed by atoms with E-state index in [2.05, 4.69) is 0 Å². The maximum absolute atomic E-state index is 11.9. The molecule has 0 heterocycles. The Morgan fingerprint density at radius 1 is 1.00 bits per heavy atom. The average molecular weight is 254 g/mol. The van der Waals surface area contributed by atoms with E-state index in [4.69, 9.17) is 0 Å². The fourth-order valence-electron chi connectivity index (χ4n) is 0.415. The summed E-state index contributed by atoms with van der Waals surface area (Å²) in [5, 5.41) is 0. The Hall–Kier alpha value is -0.120. The van der Waals surface area contributed by atoms with Crippen molar-refractivity contribution in [1.82, 2.24) is 0 Å². The monoisotopic (exact) mass is 254 g/mol. The van der Waals surface area contributed by atoms with Crippen molar-refractivity contribution in [3.8, 4) is 0 Å². The summed E-state index contributed by atoms with van der Waals surface area (Å²) >= 11 is 0. The van der Waals surface area contributed by atoms with Crippen molar-refractivity contribution in [3.63, 3.8) is 0 Å². The zero-order valence-electron chi connectivity index (χ0n) is 6.17. The van der Waals surface area contributed by atoms with Crippen LogP contribution < -0.4 is 0 Å². The molecule has 10 heavy (non-hydrogen) atoms. The summed E-state index contributed by atoms with van der Waals surface area (Å²) in [5.74, 6) is -0.178. The fourth-order valence-corrected chi connectivity index (χ4v) is 0.415. The van der Waals surface area contributed by atoms with E-state index in [1.807, 2.05) is 13.8 Å². The largest absolute Gasteiger partial charge is 0.207 e. The molecule has 0 aliphatic carbocycles. The number of hydrogen-bond donors (Lipinski definition) is 0. The van der Waals surface area contributed by atoms with Gasteiger partial charge in [-0.3, -0.25) is 0 Å². The normalized spacial score (nSPS) is 6.70. The van der Waals surface area contributed by atoms with Crippen LogP contribution in [-0.2, 0) is 0 Å². The van der Waals surface area contributed by atoms with E-state index in [-0.39, 0.29) is 29.8 Å². The molecule has 1 aromatic carbocycles. The first-order valence-electron chi connectivity index (χ1n) is 3.10. The Kier molecular flexibility index (Phi) is 11.1. The van der Waals surface area contributed by atoms with Crippen molar-refractivity contribution in [3.05, 3.63) is 36.1 Å². The van der Waals surface area contributed by atoms with Gasteiger partial charge in [-0.05, 0) is 12.1 Å². The fraction of sp³-hybridized carbons (Fsp3) is 0.250. The molecule has 0 nitrogen and oxygen atoms in total. The van der Waals surface area contributed by atoms with Crippen LogP contribution in [0.2, 0.25) is 0 Å². The molecule has 1 rings (SSSR count). The first kappa shape index (κ1) is 12.5. The van der Waals surface area contributed by atoms with Gasteiger partial charge in [0.2, 0.25) is 0 Å². The summed E-state index contributed by atoms with van der Waals surface area (Å²) < 4.78 is 11.9. The molecule has 0 atom stereocenters. The van der Waals surface area contributed by atoms with Gasteiger partial charge in [-0.25, -0.2) is 4.39 Å². The van der Waals surface area contributed by atoms with Crippen LogP contribution in [0.25, 0.3) is 0 Å². The average Bonchev–Trinajstić information content (AvgIpc) is 1.94. The van der Waals surface area contributed by atoms with E-state index in [1.165, 1.54) is 12.1 Å². The van der Waals surface area contributed by atoms with Crippen molar-refractivity contribution in [2.45, 2.75) is 13.8 Å². The van der Waals surface area contributed by atoms with E-state index in [1.54, 1.807) is 18.2 Å². The van der Waals surface area contributed by atoms with Crippen molar-refractivity contribution in [2.24, 2.45) is 0 Å². The minimum Gasteiger partial charge on any atom is -0.207 e. The molecule has 0 fully saturated rings. The van der Waals surface area contributed by atoms with E-state index in [9.17, 15) is 4.39 Å². The number of hydrogen-bond acceptors (Lipinski definition) is 0. The van der Waals surface area contributed by atoms with Crippen LogP contribution in [0, 0.1) is 5.82 Å². The number of benzene rings is 1. The maximum atomic E-state index is 11.9. The second kappa shape index (κ2) is 8.88. The summed E-state index contributed by atoms with van der Waals surface area (Å²) in [6, 6.07) is 7.94. The van der Waals surface area contributed by atoms with E-state index in [0.29, 0.717) is 0 Å². The lowest BCUT2D eigenvalue weighted by atomic mass is 10.4. The molecule has 2 heteroatoms. The molecule has 0 aliphatic rings. The van der Waals surface area contributed by atoms with Gasteiger partial charge in [0.25, 0.3) is 0 Å². The Balaban J connectivity index is 0. The Morgan fingerprint density at radius 3 is 1.60 bits per heavy atom. The van der Waals surface area contributed by atoms with Gasteiger partial charge in [-0.1, -0.05) is 32.0 Å². The van der Waals surface area contributed by atoms with Crippen LogP contribution in [-0.4, -0.2) is 0 Å². The zero-order valence-corrected chi connectivity index (χ0v) is 8.50. The van der Waals surface area contributed by atoms with Gasteiger partial charge in [0.05, 0.1) is 0 Å². The molecule has 0 radical (unpaired) electrons. The molecule has 0 bridgehead atoms. The minimum absolute atomic E-state index is 0. The molecular formula is C8H12FI. The zero-order chi connectivity index (χ0) is 7.11. The van der Waals surface area contributed by atoms with Crippen LogP contribution in [0.15, 0.2) is 30.3 Å². The smallest absolute Gasteiger partial charge is 0.123 e. The lowest BCUT2D eigenvalue weighted by molar-refractivity contribution is 0.628. The third-order valence-corrected chi connectivity index (χ3v) is 0.733. The summed E-state index contributed by atoms with van der Waals surface area (Å²) in [4.78, 5) is 0. The highest BCUT2D eigenvalue weighted by Crippen LogP contribution is 1.91. The lowest BCUT2D eigenvalue weighted by Gasteiger charge is -1.78. The van der Waals surface area contributed by atoms with Crippen molar-refractivity contribution in [1.29, 1.82) is 0 Å².